The number of anilines is 1. The number of ether oxygens (including phenoxy) is 1. The number of esters is 1. The molecule has 4 rings (SSSR count). The van der Waals surface area contributed by atoms with Crippen LogP contribution in [0.15, 0.2) is 70.8 Å². The maximum absolute atomic E-state index is 13.3. The SMILES string of the molecule is CCOC(=O)c1cnn(C)c1NC(=O)C(CC)Sc1nnc(CS(=O)(=O)c2ccc(C)cc2)n1-c1ccccc1. The standard InChI is InChI=1S/C27H30N6O5S2/c1-5-22(25(34)29-24-21(16-28-32(24)4)26(35)38-6-2)39-27-31-30-23(33(27)19-10-8-7-9-11-19)17-40(36,37)20-14-12-18(3)13-15-20/h7-16,22H,5-6,17H2,1-4H3,(H,29,34). The van der Waals surface area contributed by atoms with Gasteiger partial charge in [0, 0.05) is 12.7 Å². The molecule has 1 amide bonds. The Morgan fingerprint density at radius 2 is 1.75 bits per heavy atom. The van der Waals surface area contributed by atoms with Gasteiger partial charge in [-0.25, -0.2) is 13.2 Å². The number of aryl methyl sites for hydroxylation is 2. The number of para-hydroxylation sites is 1. The second-order valence-corrected chi connectivity index (χ2v) is 12.1. The number of nitrogens with zero attached hydrogens (tertiary/aromatic N) is 5. The van der Waals surface area contributed by atoms with Crippen LogP contribution in [-0.4, -0.2) is 56.7 Å². The van der Waals surface area contributed by atoms with Gasteiger partial charge in [-0.15, -0.1) is 10.2 Å². The number of hydrogen-bond acceptors (Lipinski definition) is 9. The maximum Gasteiger partial charge on any atom is 0.343 e. The minimum atomic E-state index is -3.72. The van der Waals surface area contributed by atoms with Crippen LogP contribution in [0.25, 0.3) is 5.69 Å². The van der Waals surface area contributed by atoms with Crippen molar-refractivity contribution in [3.8, 4) is 5.69 Å². The van der Waals surface area contributed by atoms with Crippen molar-refractivity contribution in [1.29, 1.82) is 0 Å². The highest BCUT2D eigenvalue weighted by molar-refractivity contribution is 8.00. The Labute approximate surface area is 236 Å². The van der Waals surface area contributed by atoms with Crippen LogP contribution in [0.5, 0.6) is 0 Å². The Balaban J connectivity index is 1.63. The molecule has 210 valence electrons. The smallest absolute Gasteiger partial charge is 0.343 e. The van der Waals surface area contributed by atoms with Crippen molar-refractivity contribution in [2.24, 2.45) is 7.05 Å². The first kappa shape index (κ1) is 29.0. The van der Waals surface area contributed by atoms with Gasteiger partial charge in [-0.1, -0.05) is 54.6 Å². The van der Waals surface area contributed by atoms with Gasteiger partial charge in [-0.2, -0.15) is 5.10 Å². The second kappa shape index (κ2) is 12.5. The summed E-state index contributed by atoms with van der Waals surface area (Å²) in [6, 6.07) is 15.8. The van der Waals surface area contributed by atoms with E-state index in [9.17, 15) is 18.0 Å². The second-order valence-electron chi connectivity index (χ2n) is 8.90. The largest absolute Gasteiger partial charge is 0.462 e. The van der Waals surface area contributed by atoms with Crippen LogP contribution in [-0.2, 0) is 32.2 Å². The van der Waals surface area contributed by atoms with E-state index in [-0.39, 0.29) is 40.4 Å². The van der Waals surface area contributed by atoms with E-state index in [1.807, 2.05) is 44.2 Å². The monoisotopic (exact) mass is 582 g/mol. The van der Waals surface area contributed by atoms with Crippen LogP contribution in [0.4, 0.5) is 5.82 Å². The summed E-state index contributed by atoms with van der Waals surface area (Å²) in [6.45, 7) is 5.61. The fraction of sp³-hybridized carbons (Fsp3) is 0.296. The molecule has 2 aromatic carbocycles. The fourth-order valence-electron chi connectivity index (χ4n) is 3.90. The molecule has 1 atom stereocenters. The number of sulfone groups is 1. The van der Waals surface area contributed by atoms with Crippen molar-refractivity contribution in [1.82, 2.24) is 24.5 Å². The van der Waals surface area contributed by atoms with Crippen LogP contribution < -0.4 is 5.32 Å². The number of carbonyl (C=O) groups is 2. The highest BCUT2D eigenvalue weighted by atomic mass is 32.2. The van der Waals surface area contributed by atoms with E-state index in [4.69, 9.17) is 4.74 Å². The van der Waals surface area contributed by atoms with E-state index in [1.165, 1.54) is 10.9 Å². The van der Waals surface area contributed by atoms with E-state index in [2.05, 4.69) is 20.6 Å². The first-order valence-electron chi connectivity index (χ1n) is 12.6. The van der Waals surface area contributed by atoms with Gasteiger partial charge in [-0.3, -0.25) is 14.0 Å². The van der Waals surface area contributed by atoms with Gasteiger partial charge in [0.05, 0.1) is 22.9 Å². The number of carbonyl (C=O) groups excluding carboxylic acids is 2. The predicted molar refractivity (Wildman–Crippen MR) is 151 cm³/mol. The van der Waals surface area contributed by atoms with E-state index in [0.29, 0.717) is 17.3 Å². The molecule has 0 spiro atoms. The number of aromatic nitrogens is 5. The third-order valence-electron chi connectivity index (χ3n) is 6.00. The Hall–Kier alpha value is -3.97. The predicted octanol–water partition coefficient (Wildman–Crippen LogP) is 3.97. The van der Waals surface area contributed by atoms with Gasteiger partial charge in [-0.05, 0) is 44.5 Å². The van der Waals surface area contributed by atoms with Gasteiger partial charge < -0.3 is 10.1 Å². The molecule has 0 fully saturated rings. The molecule has 11 nitrogen and oxygen atoms in total. The van der Waals surface area contributed by atoms with Gasteiger partial charge in [0.1, 0.15) is 17.1 Å². The highest BCUT2D eigenvalue weighted by Crippen LogP contribution is 2.30. The highest BCUT2D eigenvalue weighted by Gasteiger charge is 2.28. The molecule has 0 aliphatic carbocycles. The quantitative estimate of drug-likeness (QED) is 0.206. The molecule has 0 saturated heterocycles. The molecule has 40 heavy (non-hydrogen) atoms. The van der Waals surface area contributed by atoms with Crippen molar-refractivity contribution in [2.45, 2.75) is 48.2 Å². The molecule has 4 aromatic rings. The van der Waals surface area contributed by atoms with Crippen molar-refractivity contribution < 1.29 is 22.7 Å². The number of thioether (sulfide) groups is 1. The summed E-state index contributed by atoms with van der Waals surface area (Å²) >= 11 is 1.15. The lowest BCUT2D eigenvalue weighted by Gasteiger charge is -2.16. The van der Waals surface area contributed by atoms with Crippen LogP contribution >= 0.6 is 11.8 Å². The first-order valence-corrected chi connectivity index (χ1v) is 15.1. The average Bonchev–Trinajstić information content (AvgIpc) is 3.50. The van der Waals surface area contributed by atoms with Gasteiger partial charge in [0.15, 0.2) is 20.8 Å². The van der Waals surface area contributed by atoms with E-state index < -0.39 is 21.1 Å². The molecule has 0 bridgehead atoms. The first-order chi connectivity index (χ1) is 19.1. The van der Waals surface area contributed by atoms with Gasteiger partial charge >= 0.3 is 5.97 Å². The Kier molecular flexibility index (Phi) is 9.05. The van der Waals surface area contributed by atoms with Gasteiger partial charge in [0.25, 0.3) is 0 Å². The molecule has 2 aromatic heterocycles. The minimum Gasteiger partial charge on any atom is -0.462 e. The van der Waals surface area contributed by atoms with Gasteiger partial charge in [0.2, 0.25) is 5.91 Å². The van der Waals surface area contributed by atoms with Crippen molar-refractivity contribution in [3.63, 3.8) is 0 Å². The molecule has 0 saturated carbocycles. The van der Waals surface area contributed by atoms with Crippen molar-refractivity contribution in [2.75, 3.05) is 11.9 Å². The Morgan fingerprint density at radius 3 is 2.40 bits per heavy atom. The van der Waals surface area contributed by atoms with Crippen molar-refractivity contribution in [3.05, 3.63) is 77.7 Å². The lowest BCUT2D eigenvalue weighted by Crippen LogP contribution is -2.27. The lowest BCUT2D eigenvalue weighted by atomic mass is 10.2. The topological polar surface area (TPSA) is 138 Å². The summed E-state index contributed by atoms with van der Waals surface area (Å²) in [4.78, 5) is 25.9. The lowest BCUT2D eigenvalue weighted by molar-refractivity contribution is -0.115. The number of amides is 1. The summed E-state index contributed by atoms with van der Waals surface area (Å²) in [5.74, 6) is -0.898. The molecule has 1 unspecified atom stereocenters. The fourth-order valence-corrected chi connectivity index (χ4v) is 6.13. The third-order valence-corrected chi connectivity index (χ3v) is 8.94. The molecular formula is C27H30N6O5S2. The zero-order valence-corrected chi connectivity index (χ0v) is 24.2. The summed E-state index contributed by atoms with van der Waals surface area (Å²) in [6.07, 6.45) is 1.76. The maximum atomic E-state index is 13.3. The van der Waals surface area contributed by atoms with E-state index in [0.717, 1.165) is 17.3 Å². The average molecular weight is 583 g/mol. The van der Waals surface area contributed by atoms with Crippen LogP contribution in [0.3, 0.4) is 0 Å². The summed E-state index contributed by atoms with van der Waals surface area (Å²) in [5.41, 5.74) is 1.76. The molecule has 13 heteroatoms. The zero-order chi connectivity index (χ0) is 28.9. The molecule has 1 N–H and O–H groups in total. The number of rotatable bonds is 11. The van der Waals surface area contributed by atoms with Crippen LogP contribution in [0, 0.1) is 6.92 Å². The molecule has 0 aliphatic heterocycles. The summed E-state index contributed by atoms with van der Waals surface area (Å²) in [5, 5.41) is 15.1. The summed E-state index contributed by atoms with van der Waals surface area (Å²) in [7, 11) is -2.11. The zero-order valence-electron chi connectivity index (χ0n) is 22.6. The van der Waals surface area contributed by atoms with Crippen molar-refractivity contribution >= 4 is 39.3 Å². The summed E-state index contributed by atoms with van der Waals surface area (Å²) < 4.78 is 34.6. The minimum absolute atomic E-state index is 0.147. The van der Waals surface area contributed by atoms with E-state index >= 15 is 0 Å². The van der Waals surface area contributed by atoms with E-state index in [1.54, 1.807) is 42.8 Å². The van der Waals surface area contributed by atoms with Crippen LogP contribution in [0.2, 0.25) is 0 Å². The number of nitrogens with one attached hydrogen (secondary N) is 1. The number of benzene rings is 2. The molecule has 0 aliphatic rings. The number of hydrogen-bond donors (Lipinski definition) is 1. The normalized spacial score (nSPS) is 12.2. The third kappa shape index (κ3) is 6.42. The molecule has 2 heterocycles. The Bertz CT molecular complexity index is 1600. The van der Waals surface area contributed by atoms with Crippen LogP contribution in [0.1, 0.15) is 42.0 Å². The molecular weight excluding hydrogens is 552 g/mol. The molecule has 0 radical (unpaired) electrons. The Morgan fingerprint density at radius 1 is 1.05 bits per heavy atom.